The third kappa shape index (κ3) is 4.42. The van der Waals surface area contributed by atoms with Crippen molar-refractivity contribution in [1.82, 2.24) is 5.32 Å². The zero-order valence-corrected chi connectivity index (χ0v) is 12.6. The number of amides is 1. The normalized spacial score (nSPS) is 12.1. The summed E-state index contributed by atoms with van der Waals surface area (Å²) >= 11 is 0. The number of ether oxygens (including phenoxy) is 2. The Labute approximate surface area is 120 Å². The Morgan fingerprint density at radius 3 is 2.55 bits per heavy atom. The minimum absolute atomic E-state index is 0.123. The van der Waals surface area contributed by atoms with Crippen LogP contribution in [0.5, 0.6) is 11.5 Å². The topological polar surface area (TPSA) is 73.6 Å². The first-order valence-corrected chi connectivity index (χ1v) is 6.73. The maximum Gasteiger partial charge on any atom is 0.237 e. The summed E-state index contributed by atoms with van der Waals surface area (Å²) in [6, 6.07) is 5.14. The van der Waals surface area contributed by atoms with Gasteiger partial charge in [-0.2, -0.15) is 0 Å². The molecule has 0 spiro atoms. The Hall–Kier alpha value is -1.75. The van der Waals surface area contributed by atoms with Crippen molar-refractivity contribution >= 4 is 5.91 Å². The van der Waals surface area contributed by atoms with Crippen molar-refractivity contribution in [2.45, 2.75) is 26.3 Å². The lowest BCUT2D eigenvalue weighted by Crippen LogP contribution is -2.44. The molecule has 0 aliphatic rings. The molecule has 0 bridgehead atoms. The van der Waals surface area contributed by atoms with Crippen molar-refractivity contribution in [3.63, 3.8) is 0 Å². The van der Waals surface area contributed by atoms with Crippen molar-refractivity contribution < 1.29 is 14.3 Å². The van der Waals surface area contributed by atoms with E-state index in [1.54, 1.807) is 14.2 Å². The number of hydrogen-bond acceptors (Lipinski definition) is 4. The zero-order chi connectivity index (χ0) is 15.1. The van der Waals surface area contributed by atoms with E-state index in [2.05, 4.69) is 5.32 Å². The predicted octanol–water partition coefficient (Wildman–Crippen LogP) is 1.35. The van der Waals surface area contributed by atoms with Crippen LogP contribution in [0.2, 0.25) is 0 Å². The Morgan fingerprint density at radius 1 is 1.30 bits per heavy atom. The van der Waals surface area contributed by atoms with Crippen molar-refractivity contribution in [2.75, 3.05) is 20.8 Å². The van der Waals surface area contributed by atoms with Gasteiger partial charge >= 0.3 is 0 Å². The van der Waals surface area contributed by atoms with E-state index < -0.39 is 6.04 Å². The number of rotatable bonds is 7. The summed E-state index contributed by atoms with van der Waals surface area (Å²) in [5.41, 5.74) is 6.78. The molecule has 1 atom stereocenters. The smallest absolute Gasteiger partial charge is 0.237 e. The van der Waals surface area contributed by atoms with Gasteiger partial charge in [-0.1, -0.05) is 13.8 Å². The molecule has 0 aliphatic heterocycles. The quantitative estimate of drug-likeness (QED) is 0.790. The van der Waals surface area contributed by atoms with E-state index in [1.807, 2.05) is 32.0 Å². The molecule has 5 nitrogen and oxygen atoms in total. The van der Waals surface area contributed by atoms with Crippen LogP contribution in [0.3, 0.4) is 0 Å². The SMILES string of the molecule is COc1ccc(OC)c(CCNC(=O)[C@@H](N)C(C)C)c1. The molecule has 112 valence electrons. The number of nitrogens with one attached hydrogen (secondary N) is 1. The van der Waals surface area contributed by atoms with Gasteiger partial charge in [-0.25, -0.2) is 0 Å². The number of carbonyl (C=O) groups excluding carboxylic acids is 1. The maximum atomic E-state index is 11.8. The highest BCUT2D eigenvalue weighted by Crippen LogP contribution is 2.24. The summed E-state index contributed by atoms with van der Waals surface area (Å²) in [5, 5.41) is 2.84. The van der Waals surface area contributed by atoms with Crippen molar-refractivity contribution in [3.8, 4) is 11.5 Å². The predicted molar refractivity (Wildman–Crippen MR) is 79.1 cm³/mol. The van der Waals surface area contributed by atoms with E-state index >= 15 is 0 Å². The largest absolute Gasteiger partial charge is 0.497 e. The van der Waals surface area contributed by atoms with Gasteiger partial charge in [0.2, 0.25) is 5.91 Å². The van der Waals surface area contributed by atoms with Gasteiger partial charge in [0.1, 0.15) is 11.5 Å². The van der Waals surface area contributed by atoms with Gasteiger partial charge in [-0.05, 0) is 36.1 Å². The second-order valence-corrected chi connectivity index (χ2v) is 4.99. The van der Waals surface area contributed by atoms with Crippen LogP contribution in [0.4, 0.5) is 0 Å². The average Bonchev–Trinajstić information content (AvgIpc) is 2.45. The minimum Gasteiger partial charge on any atom is -0.497 e. The lowest BCUT2D eigenvalue weighted by atomic mass is 10.0. The Balaban J connectivity index is 2.59. The first-order chi connectivity index (χ1) is 9.49. The van der Waals surface area contributed by atoms with Gasteiger partial charge in [0, 0.05) is 6.54 Å². The Kier molecular flexibility index (Phi) is 6.31. The molecule has 0 heterocycles. The highest BCUT2D eigenvalue weighted by atomic mass is 16.5. The van der Waals surface area contributed by atoms with Gasteiger partial charge in [0.15, 0.2) is 0 Å². The molecule has 1 aromatic rings. The number of carbonyl (C=O) groups is 1. The molecule has 1 rings (SSSR count). The van der Waals surface area contributed by atoms with Crippen LogP contribution in [-0.2, 0) is 11.2 Å². The molecular formula is C15H24N2O3. The van der Waals surface area contributed by atoms with Gasteiger partial charge < -0.3 is 20.5 Å². The Morgan fingerprint density at radius 2 is 2.00 bits per heavy atom. The minimum atomic E-state index is -0.470. The van der Waals surface area contributed by atoms with Crippen molar-refractivity contribution in [1.29, 1.82) is 0 Å². The standard InChI is InChI=1S/C15H24N2O3/c1-10(2)14(16)15(18)17-8-7-11-9-12(19-3)5-6-13(11)20-4/h5-6,9-10,14H,7-8,16H2,1-4H3,(H,17,18)/t14-/m0/s1. The molecular weight excluding hydrogens is 256 g/mol. The first kappa shape index (κ1) is 16.3. The first-order valence-electron chi connectivity index (χ1n) is 6.73. The number of nitrogens with two attached hydrogens (primary N) is 1. The summed E-state index contributed by atoms with van der Waals surface area (Å²) < 4.78 is 10.5. The van der Waals surface area contributed by atoms with Gasteiger partial charge in [0.05, 0.1) is 20.3 Å². The summed E-state index contributed by atoms with van der Waals surface area (Å²) in [4.78, 5) is 11.8. The second-order valence-electron chi connectivity index (χ2n) is 4.99. The van der Waals surface area contributed by atoms with Crippen molar-refractivity contribution in [2.24, 2.45) is 11.7 Å². The number of hydrogen-bond donors (Lipinski definition) is 2. The lowest BCUT2D eigenvalue weighted by molar-refractivity contribution is -0.123. The van der Waals surface area contributed by atoms with Crippen molar-refractivity contribution in [3.05, 3.63) is 23.8 Å². The third-order valence-corrected chi connectivity index (χ3v) is 3.20. The number of benzene rings is 1. The second kappa shape index (κ2) is 7.75. The van der Waals surface area contributed by atoms with E-state index in [9.17, 15) is 4.79 Å². The molecule has 0 saturated carbocycles. The molecule has 0 radical (unpaired) electrons. The van der Waals surface area contributed by atoms with Crippen LogP contribution >= 0.6 is 0 Å². The van der Waals surface area contributed by atoms with Gasteiger partial charge in [-0.3, -0.25) is 4.79 Å². The van der Waals surface area contributed by atoms with E-state index in [1.165, 1.54) is 0 Å². The van der Waals surface area contributed by atoms with Crippen LogP contribution in [0.1, 0.15) is 19.4 Å². The molecule has 0 fully saturated rings. The molecule has 20 heavy (non-hydrogen) atoms. The highest BCUT2D eigenvalue weighted by Gasteiger charge is 2.16. The fourth-order valence-electron chi connectivity index (χ4n) is 1.82. The molecule has 0 unspecified atom stereocenters. The van der Waals surface area contributed by atoms with E-state index in [0.717, 1.165) is 17.1 Å². The number of methoxy groups -OCH3 is 2. The van der Waals surface area contributed by atoms with Crippen LogP contribution in [0.25, 0.3) is 0 Å². The van der Waals surface area contributed by atoms with Crippen LogP contribution < -0.4 is 20.5 Å². The van der Waals surface area contributed by atoms with E-state index in [-0.39, 0.29) is 11.8 Å². The molecule has 0 aromatic heterocycles. The summed E-state index contributed by atoms with van der Waals surface area (Å²) in [6.07, 6.45) is 0.664. The van der Waals surface area contributed by atoms with Crippen LogP contribution in [0.15, 0.2) is 18.2 Å². The fourth-order valence-corrected chi connectivity index (χ4v) is 1.82. The highest BCUT2D eigenvalue weighted by molar-refractivity contribution is 5.81. The average molecular weight is 280 g/mol. The summed E-state index contributed by atoms with van der Waals surface area (Å²) in [6.45, 7) is 4.37. The van der Waals surface area contributed by atoms with Gasteiger partial charge in [0.25, 0.3) is 0 Å². The summed E-state index contributed by atoms with van der Waals surface area (Å²) in [7, 11) is 3.24. The molecule has 5 heteroatoms. The molecule has 0 aliphatic carbocycles. The molecule has 1 aromatic carbocycles. The lowest BCUT2D eigenvalue weighted by Gasteiger charge is -2.16. The zero-order valence-electron chi connectivity index (χ0n) is 12.6. The third-order valence-electron chi connectivity index (χ3n) is 3.20. The molecule has 1 amide bonds. The monoisotopic (exact) mass is 280 g/mol. The van der Waals surface area contributed by atoms with Gasteiger partial charge in [-0.15, -0.1) is 0 Å². The summed E-state index contributed by atoms with van der Waals surface area (Å²) in [5.74, 6) is 1.56. The molecule has 0 saturated heterocycles. The van der Waals surface area contributed by atoms with Crippen LogP contribution in [-0.4, -0.2) is 32.7 Å². The molecule has 3 N–H and O–H groups in total. The van der Waals surface area contributed by atoms with E-state index in [4.69, 9.17) is 15.2 Å². The fraction of sp³-hybridized carbons (Fsp3) is 0.533. The van der Waals surface area contributed by atoms with E-state index in [0.29, 0.717) is 13.0 Å². The van der Waals surface area contributed by atoms with Crippen LogP contribution in [0, 0.1) is 5.92 Å². The Bertz CT molecular complexity index is 447. The maximum absolute atomic E-state index is 11.8.